The Morgan fingerprint density at radius 2 is 1.59 bits per heavy atom. The molecule has 17 heavy (non-hydrogen) atoms. The van der Waals surface area contributed by atoms with E-state index in [4.69, 9.17) is 4.74 Å². The minimum atomic E-state index is -0.448. The highest BCUT2D eigenvalue weighted by molar-refractivity contribution is 5.68. The molecule has 0 saturated carbocycles. The smallest absolute Gasteiger partial charge is 0.415 e. The summed E-state index contributed by atoms with van der Waals surface area (Å²) in [6.45, 7) is 11.3. The van der Waals surface area contributed by atoms with E-state index in [0.717, 1.165) is 0 Å². The van der Waals surface area contributed by atoms with E-state index in [2.05, 4.69) is 0 Å². The Labute approximate surface area is 104 Å². The number of aliphatic hydroxyl groups is 1. The third-order valence-corrected chi connectivity index (χ3v) is 2.64. The monoisotopic (exact) mass is 243 g/mol. The second-order valence-electron chi connectivity index (χ2n) is 4.91. The van der Waals surface area contributed by atoms with Crippen LogP contribution in [-0.2, 0) is 4.74 Å². The van der Waals surface area contributed by atoms with E-state index < -0.39 is 6.10 Å². The van der Waals surface area contributed by atoms with Gasteiger partial charge in [0.25, 0.3) is 0 Å². The van der Waals surface area contributed by atoms with Gasteiger partial charge >= 0.3 is 6.09 Å². The first-order valence-corrected chi connectivity index (χ1v) is 6.11. The minimum absolute atomic E-state index is 0.0330. The summed E-state index contributed by atoms with van der Waals surface area (Å²) in [5, 5.41) is 9.27. The van der Waals surface area contributed by atoms with Crippen molar-refractivity contribution in [1.29, 1.82) is 0 Å². The Hall–Kier alpha value is -1.03. The molecule has 0 spiro atoms. The van der Waals surface area contributed by atoms with Crippen molar-refractivity contribution >= 4 is 6.09 Å². The van der Waals surface area contributed by atoms with Crippen molar-refractivity contribution in [2.24, 2.45) is 5.92 Å². The standard InChI is InChI=1S/C13H25NO3/c1-9(2)14(10(3)4)13(16)17-8-7-11(5)12(6)15/h7-12,15H,1-6H3/b8-7-/t11-,12+/m0/s1. The molecule has 0 aromatic rings. The van der Waals surface area contributed by atoms with Crippen LogP contribution in [0.1, 0.15) is 41.5 Å². The molecule has 0 aliphatic heterocycles. The van der Waals surface area contributed by atoms with Crippen LogP contribution < -0.4 is 0 Å². The van der Waals surface area contributed by atoms with E-state index in [1.165, 1.54) is 6.26 Å². The van der Waals surface area contributed by atoms with Gasteiger partial charge < -0.3 is 14.7 Å². The molecular weight excluding hydrogens is 218 g/mol. The first-order chi connectivity index (χ1) is 7.77. The lowest BCUT2D eigenvalue weighted by molar-refractivity contribution is 0.107. The number of aliphatic hydroxyl groups excluding tert-OH is 1. The lowest BCUT2D eigenvalue weighted by Crippen LogP contribution is -2.41. The van der Waals surface area contributed by atoms with Crippen LogP contribution in [-0.4, -0.2) is 34.3 Å². The molecule has 0 radical (unpaired) electrons. The molecule has 0 aromatic heterocycles. The van der Waals surface area contributed by atoms with Crippen molar-refractivity contribution in [2.45, 2.75) is 59.7 Å². The first kappa shape index (κ1) is 16.0. The number of hydrogen-bond acceptors (Lipinski definition) is 3. The summed E-state index contributed by atoms with van der Waals surface area (Å²) in [4.78, 5) is 13.4. The number of amides is 1. The molecule has 0 bridgehead atoms. The van der Waals surface area contributed by atoms with Gasteiger partial charge in [0, 0.05) is 18.0 Å². The fraction of sp³-hybridized carbons (Fsp3) is 0.769. The van der Waals surface area contributed by atoms with Gasteiger partial charge in [-0.05, 0) is 40.7 Å². The second-order valence-corrected chi connectivity index (χ2v) is 4.91. The van der Waals surface area contributed by atoms with E-state index in [1.54, 1.807) is 17.9 Å². The average molecular weight is 243 g/mol. The van der Waals surface area contributed by atoms with Gasteiger partial charge in [0.1, 0.15) is 0 Å². The van der Waals surface area contributed by atoms with Crippen LogP contribution in [0.15, 0.2) is 12.3 Å². The van der Waals surface area contributed by atoms with Crippen LogP contribution in [0, 0.1) is 5.92 Å². The SMILES string of the molecule is CC(C)N(C(=O)O/C=C\[C@H](C)[C@@H](C)O)C(C)C. The number of hydrogen-bond donors (Lipinski definition) is 1. The molecule has 0 rings (SSSR count). The van der Waals surface area contributed by atoms with Crippen molar-refractivity contribution < 1.29 is 14.6 Å². The number of ether oxygens (including phenoxy) is 1. The summed E-state index contributed by atoms with van der Waals surface area (Å²) in [7, 11) is 0. The maximum atomic E-state index is 11.8. The van der Waals surface area contributed by atoms with Crippen molar-refractivity contribution in [3.63, 3.8) is 0 Å². The van der Waals surface area contributed by atoms with Gasteiger partial charge in [-0.3, -0.25) is 0 Å². The van der Waals surface area contributed by atoms with Crippen LogP contribution in [0.25, 0.3) is 0 Å². The molecule has 2 atom stereocenters. The molecule has 1 amide bonds. The number of carbonyl (C=O) groups is 1. The molecule has 0 unspecified atom stereocenters. The van der Waals surface area contributed by atoms with Crippen LogP contribution in [0.3, 0.4) is 0 Å². The zero-order valence-electron chi connectivity index (χ0n) is 11.7. The average Bonchev–Trinajstić information content (AvgIpc) is 2.15. The lowest BCUT2D eigenvalue weighted by atomic mass is 10.1. The second kappa shape index (κ2) is 7.33. The Balaban J connectivity index is 4.34. The highest BCUT2D eigenvalue weighted by Gasteiger charge is 2.20. The number of rotatable bonds is 5. The molecule has 0 aliphatic carbocycles. The van der Waals surface area contributed by atoms with E-state index in [9.17, 15) is 9.90 Å². The summed E-state index contributed by atoms with van der Waals surface area (Å²) >= 11 is 0. The Morgan fingerprint density at radius 1 is 1.12 bits per heavy atom. The molecule has 0 heterocycles. The summed E-state index contributed by atoms with van der Waals surface area (Å²) in [5.41, 5.74) is 0. The zero-order valence-corrected chi connectivity index (χ0v) is 11.7. The van der Waals surface area contributed by atoms with E-state index in [-0.39, 0.29) is 24.1 Å². The van der Waals surface area contributed by atoms with Gasteiger partial charge in [0.05, 0.1) is 12.4 Å². The van der Waals surface area contributed by atoms with Gasteiger partial charge in [-0.2, -0.15) is 0 Å². The highest BCUT2D eigenvalue weighted by Crippen LogP contribution is 2.09. The molecule has 0 fully saturated rings. The van der Waals surface area contributed by atoms with Gasteiger partial charge in [-0.25, -0.2) is 4.79 Å². The Morgan fingerprint density at radius 3 is 1.94 bits per heavy atom. The van der Waals surface area contributed by atoms with E-state index in [0.29, 0.717) is 0 Å². The van der Waals surface area contributed by atoms with Gasteiger partial charge in [0.15, 0.2) is 0 Å². The van der Waals surface area contributed by atoms with Crippen molar-refractivity contribution in [3.05, 3.63) is 12.3 Å². The highest BCUT2D eigenvalue weighted by atomic mass is 16.5. The van der Waals surface area contributed by atoms with Crippen LogP contribution in [0.4, 0.5) is 4.79 Å². The summed E-state index contributed by atoms with van der Waals surface area (Å²) in [6, 6.07) is 0.204. The van der Waals surface area contributed by atoms with E-state index in [1.807, 2.05) is 34.6 Å². The molecule has 100 valence electrons. The third-order valence-electron chi connectivity index (χ3n) is 2.64. The summed E-state index contributed by atoms with van der Waals surface area (Å²) < 4.78 is 5.04. The molecular formula is C13H25NO3. The van der Waals surface area contributed by atoms with Crippen LogP contribution in [0.5, 0.6) is 0 Å². The largest absolute Gasteiger partial charge is 0.418 e. The maximum Gasteiger partial charge on any atom is 0.415 e. The maximum absolute atomic E-state index is 11.8. The molecule has 4 heteroatoms. The molecule has 0 saturated heterocycles. The Kier molecular flexibility index (Phi) is 6.88. The van der Waals surface area contributed by atoms with Gasteiger partial charge in [0.2, 0.25) is 0 Å². The van der Waals surface area contributed by atoms with Crippen molar-refractivity contribution in [2.75, 3.05) is 0 Å². The molecule has 0 aliphatic rings. The normalized spacial score (nSPS) is 15.4. The first-order valence-electron chi connectivity index (χ1n) is 6.11. The summed E-state index contributed by atoms with van der Waals surface area (Å²) in [6.07, 6.45) is 2.24. The fourth-order valence-electron chi connectivity index (χ4n) is 1.46. The lowest BCUT2D eigenvalue weighted by Gasteiger charge is -2.28. The van der Waals surface area contributed by atoms with Gasteiger partial charge in [-0.1, -0.05) is 6.92 Å². The minimum Gasteiger partial charge on any atom is -0.418 e. The predicted molar refractivity (Wildman–Crippen MR) is 68.6 cm³/mol. The van der Waals surface area contributed by atoms with Crippen molar-refractivity contribution in [3.8, 4) is 0 Å². The Bertz CT molecular complexity index is 251. The summed E-state index contributed by atoms with van der Waals surface area (Å²) in [5.74, 6) is -0.0330. The van der Waals surface area contributed by atoms with Crippen LogP contribution >= 0.6 is 0 Å². The quantitative estimate of drug-likeness (QED) is 0.755. The molecule has 4 nitrogen and oxygen atoms in total. The predicted octanol–water partition coefficient (Wildman–Crippen LogP) is 2.77. The topological polar surface area (TPSA) is 49.8 Å². The van der Waals surface area contributed by atoms with Crippen LogP contribution in [0.2, 0.25) is 0 Å². The van der Waals surface area contributed by atoms with Crippen molar-refractivity contribution in [1.82, 2.24) is 4.90 Å². The fourth-order valence-corrected chi connectivity index (χ4v) is 1.46. The number of nitrogens with zero attached hydrogens (tertiary/aromatic N) is 1. The molecule has 0 aromatic carbocycles. The third kappa shape index (κ3) is 5.73. The van der Waals surface area contributed by atoms with E-state index >= 15 is 0 Å². The zero-order chi connectivity index (χ0) is 13.6. The number of carbonyl (C=O) groups excluding carboxylic acids is 1. The molecule has 1 N–H and O–H groups in total. The van der Waals surface area contributed by atoms with Gasteiger partial charge in [-0.15, -0.1) is 0 Å².